The van der Waals surface area contributed by atoms with Crippen LogP contribution in [0.5, 0.6) is 0 Å². The highest BCUT2D eigenvalue weighted by Gasteiger charge is 2.31. The average Bonchev–Trinajstić information content (AvgIpc) is 2.71. The van der Waals surface area contributed by atoms with Crippen molar-refractivity contribution < 1.29 is 9.53 Å². The maximum absolute atomic E-state index is 12.1. The molecule has 4 heteroatoms. The van der Waals surface area contributed by atoms with Crippen molar-refractivity contribution in [2.24, 2.45) is 11.7 Å². The van der Waals surface area contributed by atoms with Crippen LogP contribution in [0.25, 0.3) is 0 Å². The van der Waals surface area contributed by atoms with Gasteiger partial charge in [0.05, 0.1) is 0 Å². The topological polar surface area (TPSA) is 55.6 Å². The third-order valence-corrected chi connectivity index (χ3v) is 3.40. The molecule has 0 bridgehead atoms. The van der Waals surface area contributed by atoms with Gasteiger partial charge in [-0.15, -0.1) is 0 Å². The van der Waals surface area contributed by atoms with Crippen molar-refractivity contribution in [3.05, 3.63) is 0 Å². The van der Waals surface area contributed by atoms with E-state index in [-0.39, 0.29) is 6.09 Å². The van der Waals surface area contributed by atoms with Crippen molar-refractivity contribution in [3.63, 3.8) is 0 Å². The molecule has 106 valence electrons. The maximum atomic E-state index is 12.1. The van der Waals surface area contributed by atoms with Crippen LogP contribution >= 0.6 is 0 Å². The third-order valence-electron chi connectivity index (χ3n) is 3.40. The smallest absolute Gasteiger partial charge is 0.410 e. The van der Waals surface area contributed by atoms with Crippen LogP contribution in [0.15, 0.2) is 0 Å². The van der Waals surface area contributed by atoms with Gasteiger partial charge in [-0.05, 0) is 58.9 Å². The summed E-state index contributed by atoms with van der Waals surface area (Å²) in [7, 11) is 0. The molecule has 0 saturated carbocycles. The summed E-state index contributed by atoms with van der Waals surface area (Å²) in [4.78, 5) is 14.0. The Balaban J connectivity index is 2.46. The summed E-state index contributed by atoms with van der Waals surface area (Å²) in [6.45, 7) is 9.44. The second-order valence-electron chi connectivity index (χ2n) is 6.39. The molecule has 0 aromatic heterocycles. The minimum absolute atomic E-state index is 0.162. The van der Waals surface area contributed by atoms with E-state index in [1.165, 1.54) is 0 Å². The average molecular weight is 256 g/mol. The lowest BCUT2D eigenvalue weighted by molar-refractivity contribution is 0.0216. The molecule has 0 aromatic rings. The van der Waals surface area contributed by atoms with E-state index < -0.39 is 5.60 Å². The van der Waals surface area contributed by atoms with Crippen LogP contribution in [-0.4, -0.2) is 35.7 Å². The van der Waals surface area contributed by atoms with Gasteiger partial charge in [-0.25, -0.2) is 4.79 Å². The summed E-state index contributed by atoms with van der Waals surface area (Å²) < 4.78 is 5.45. The third kappa shape index (κ3) is 4.84. The van der Waals surface area contributed by atoms with Gasteiger partial charge in [0.15, 0.2) is 0 Å². The van der Waals surface area contributed by atoms with Gasteiger partial charge in [0.25, 0.3) is 0 Å². The highest BCUT2D eigenvalue weighted by Crippen LogP contribution is 2.25. The predicted octanol–water partition coefficient (Wildman–Crippen LogP) is 2.76. The molecular weight excluding hydrogens is 228 g/mol. The van der Waals surface area contributed by atoms with Gasteiger partial charge < -0.3 is 15.4 Å². The minimum Gasteiger partial charge on any atom is -0.444 e. The Morgan fingerprint density at radius 3 is 2.72 bits per heavy atom. The van der Waals surface area contributed by atoms with Gasteiger partial charge in [-0.3, -0.25) is 0 Å². The van der Waals surface area contributed by atoms with Crippen molar-refractivity contribution in [1.82, 2.24) is 4.90 Å². The van der Waals surface area contributed by atoms with Crippen LogP contribution in [0, 0.1) is 5.92 Å². The standard InChI is InChI=1S/C14H28N2O2/c1-11(10-15)7-8-12-6-5-9-16(12)13(17)18-14(2,3)4/h11-12H,5-10,15H2,1-4H3. The largest absolute Gasteiger partial charge is 0.444 e. The molecule has 1 amide bonds. The van der Waals surface area contributed by atoms with E-state index in [2.05, 4.69) is 6.92 Å². The van der Waals surface area contributed by atoms with Crippen LogP contribution in [-0.2, 0) is 4.74 Å². The number of hydrogen-bond acceptors (Lipinski definition) is 3. The molecule has 0 aliphatic carbocycles. The highest BCUT2D eigenvalue weighted by atomic mass is 16.6. The molecular formula is C14H28N2O2. The summed E-state index contributed by atoms with van der Waals surface area (Å²) in [5.41, 5.74) is 5.22. The molecule has 2 N–H and O–H groups in total. The van der Waals surface area contributed by atoms with Crippen LogP contribution in [0.1, 0.15) is 53.4 Å². The van der Waals surface area contributed by atoms with Gasteiger partial charge in [-0.2, -0.15) is 0 Å². The molecule has 1 rings (SSSR count). The Hall–Kier alpha value is -0.770. The molecule has 1 aliphatic heterocycles. The van der Waals surface area contributed by atoms with Gasteiger partial charge in [0, 0.05) is 12.6 Å². The van der Waals surface area contributed by atoms with Crippen molar-refractivity contribution in [2.45, 2.75) is 65.0 Å². The normalized spacial score (nSPS) is 22.1. The molecule has 1 aliphatic rings. The molecule has 0 radical (unpaired) electrons. The summed E-state index contributed by atoms with van der Waals surface area (Å²) >= 11 is 0. The second-order valence-corrected chi connectivity index (χ2v) is 6.39. The molecule has 2 atom stereocenters. The Morgan fingerprint density at radius 1 is 1.50 bits per heavy atom. The Labute approximate surface area is 111 Å². The van der Waals surface area contributed by atoms with Crippen molar-refractivity contribution in [2.75, 3.05) is 13.1 Å². The molecule has 0 spiro atoms. The lowest BCUT2D eigenvalue weighted by Crippen LogP contribution is -2.40. The lowest BCUT2D eigenvalue weighted by Gasteiger charge is -2.29. The summed E-state index contributed by atoms with van der Waals surface area (Å²) in [5.74, 6) is 0.533. The number of carbonyl (C=O) groups is 1. The van der Waals surface area contributed by atoms with E-state index in [1.54, 1.807) is 0 Å². The first-order valence-electron chi connectivity index (χ1n) is 7.03. The van der Waals surface area contributed by atoms with Crippen LogP contribution < -0.4 is 5.73 Å². The first-order valence-corrected chi connectivity index (χ1v) is 7.03. The van der Waals surface area contributed by atoms with E-state index in [4.69, 9.17) is 10.5 Å². The predicted molar refractivity (Wildman–Crippen MR) is 73.4 cm³/mol. The number of carbonyl (C=O) groups excluding carboxylic acids is 1. The van der Waals surface area contributed by atoms with E-state index in [9.17, 15) is 4.79 Å². The van der Waals surface area contributed by atoms with E-state index in [1.807, 2.05) is 25.7 Å². The minimum atomic E-state index is -0.408. The van der Waals surface area contributed by atoms with Crippen LogP contribution in [0.3, 0.4) is 0 Å². The fourth-order valence-corrected chi connectivity index (χ4v) is 2.29. The van der Waals surface area contributed by atoms with Crippen molar-refractivity contribution in [1.29, 1.82) is 0 Å². The number of amides is 1. The van der Waals surface area contributed by atoms with Gasteiger partial charge in [-0.1, -0.05) is 6.92 Å². The fraction of sp³-hybridized carbons (Fsp3) is 0.929. The maximum Gasteiger partial charge on any atom is 0.410 e. The van der Waals surface area contributed by atoms with Crippen LogP contribution in [0.2, 0.25) is 0 Å². The zero-order valence-electron chi connectivity index (χ0n) is 12.2. The summed E-state index contributed by atoms with van der Waals surface area (Å²) in [5, 5.41) is 0. The SMILES string of the molecule is CC(CN)CCC1CCCN1C(=O)OC(C)(C)C. The van der Waals surface area contributed by atoms with E-state index in [0.29, 0.717) is 12.0 Å². The van der Waals surface area contributed by atoms with Crippen molar-refractivity contribution in [3.8, 4) is 0 Å². The lowest BCUT2D eigenvalue weighted by atomic mass is 10.0. The Kier molecular flexibility index (Phi) is 5.45. The molecule has 1 saturated heterocycles. The number of nitrogens with two attached hydrogens (primary N) is 1. The zero-order valence-corrected chi connectivity index (χ0v) is 12.2. The first-order chi connectivity index (χ1) is 8.33. The van der Waals surface area contributed by atoms with Gasteiger partial charge in [0.1, 0.15) is 5.60 Å². The molecule has 1 heterocycles. The molecule has 2 unspecified atom stereocenters. The number of likely N-dealkylation sites (tertiary alicyclic amines) is 1. The number of nitrogens with zero attached hydrogens (tertiary/aromatic N) is 1. The second kappa shape index (κ2) is 6.41. The molecule has 1 fully saturated rings. The summed E-state index contributed by atoms with van der Waals surface area (Å²) in [6.07, 6.45) is 4.14. The Bertz CT molecular complexity index is 273. The molecule has 4 nitrogen and oxygen atoms in total. The number of hydrogen-bond donors (Lipinski definition) is 1. The number of ether oxygens (including phenoxy) is 1. The Morgan fingerprint density at radius 2 is 2.17 bits per heavy atom. The van der Waals surface area contributed by atoms with Crippen molar-refractivity contribution >= 4 is 6.09 Å². The molecule has 18 heavy (non-hydrogen) atoms. The quantitative estimate of drug-likeness (QED) is 0.841. The summed E-state index contributed by atoms with van der Waals surface area (Å²) in [6, 6.07) is 0.342. The van der Waals surface area contributed by atoms with Gasteiger partial charge >= 0.3 is 6.09 Å². The number of rotatable bonds is 4. The van der Waals surface area contributed by atoms with Crippen LogP contribution in [0.4, 0.5) is 4.79 Å². The first kappa shape index (κ1) is 15.3. The van der Waals surface area contributed by atoms with E-state index >= 15 is 0 Å². The van der Waals surface area contributed by atoms with Gasteiger partial charge in [0.2, 0.25) is 0 Å². The zero-order chi connectivity index (χ0) is 13.8. The van der Waals surface area contributed by atoms with E-state index in [0.717, 1.165) is 38.8 Å². The fourth-order valence-electron chi connectivity index (χ4n) is 2.29. The monoisotopic (exact) mass is 256 g/mol. The molecule has 0 aromatic carbocycles. The highest BCUT2D eigenvalue weighted by molar-refractivity contribution is 5.68.